The zero-order chi connectivity index (χ0) is 33.0. The predicted octanol–water partition coefficient (Wildman–Crippen LogP) is 6.99. The highest BCUT2D eigenvalue weighted by molar-refractivity contribution is 6.22. The molecule has 0 atom stereocenters. The number of carbonyl (C=O) groups is 2. The largest absolute Gasteiger partial charge is 0.465 e. The van der Waals surface area contributed by atoms with Crippen molar-refractivity contribution in [1.82, 2.24) is 4.90 Å². The van der Waals surface area contributed by atoms with E-state index in [9.17, 15) is 19.7 Å². The first-order valence-corrected chi connectivity index (χ1v) is 14.7. The number of carbonyl (C=O) groups excluding carboxylic acids is 2. The highest BCUT2D eigenvalue weighted by atomic mass is 16.6. The molecule has 9 heteroatoms. The van der Waals surface area contributed by atoms with Crippen LogP contribution in [0.2, 0.25) is 0 Å². The summed E-state index contributed by atoms with van der Waals surface area (Å²) in [7, 11) is 3.25. The number of aliphatic imine (C=N–C) groups is 1. The van der Waals surface area contributed by atoms with Gasteiger partial charge < -0.3 is 14.4 Å². The van der Waals surface area contributed by atoms with Gasteiger partial charge >= 0.3 is 11.9 Å². The second-order valence-electron chi connectivity index (χ2n) is 11.5. The Hall–Kier alpha value is -4.89. The first-order chi connectivity index (χ1) is 21.4. The summed E-state index contributed by atoms with van der Waals surface area (Å²) in [5.41, 5.74) is 2.76. The van der Waals surface area contributed by atoms with Crippen LogP contribution in [-0.4, -0.2) is 60.3 Å². The van der Waals surface area contributed by atoms with Crippen LogP contribution in [0.15, 0.2) is 107 Å². The van der Waals surface area contributed by atoms with Crippen molar-refractivity contribution in [2.45, 2.75) is 45.6 Å². The maximum Gasteiger partial charge on any atom is 0.339 e. The molecule has 0 saturated carbocycles. The molecule has 236 valence electrons. The molecule has 3 aromatic carbocycles. The Morgan fingerprint density at radius 3 is 2.13 bits per heavy atom. The van der Waals surface area contributed by atoms with Crippen molar-refractivity contribution < 1.29 is 24.0 Å². The minimum Gasteiger partial charge on any atom is -0.465 e. The van der Waals surface area contributed by atoms with E-state index in [0.717, 1.165) is 13.0 Å². The lowest BCUT2D eigenvalue weighted by molar-refractivity contribution is -0.384. The van der Waals surface area contributed by atoms with Gasteiger partial charge in [0.1, 0.15) is 5.60 Å². The Kier molecular flexibility index (Phi) is 12.5. The van der Waals surface area contributed by atoms with Gasteiger partial charge in [0, 0.05) is 36.4 Å². The molecule has 45 heavy (non-hydrogen) atoms. The number of ether oxygens (including phenoxy) is 2. The van der Waals surface area contributed by atoms with Crippen molar-refractivity contribution in [3.05, 3.63) is 129 Å². The lowest BCUT2D eigenvalue weighted by Crippen LogP contribution is -2.40. The average Bonchev–Trinajstić information content (AvgIpc) is 3.00. The molecule has 0 amide bonds. The van der Waals surface area contributed by atoms with E-state index in [-0.39, 0.29) is 22.9 Å². The molecule has 0 fully saturated rings. The van der Waals surface area contributed by atoms with Crippen molar-refractivity contribution in [1.29, 1.82) is 0 Å². The number of esters is 2. The fraction of sp³-hybridized carbons (Fsp3) is 0.306. The quantitative estimate of drug-likeness (QED) is 0.0635. The number of hydrogen-bond acceptors (Lipinski definition) is 8. The van der Waals surface area contributed by atoms with Crippen molar-refractivity contribution in [2.24, 2.45) is 4.99 Å². The number of methoxy groups -OCH3 is 1. The monoisotopic (exact) mass is 611 g/mol. The van der Waals surface area contributed by atoms with Gasteiger partial charge in [-0.25, -0.2) is 9.59 Å². The van der Waals surface area contributed by atoms with Crippen molar-refractivity contribution in [2.75, 3.05) is 27.2 Å². The SMILES string of the molecule is COC(=O)C(=C\c1cccc([N+](=O)[O-])c1)/C(C)=N/C(C)=C\C(=O)OC(C)(C)CN(C)CCC(c1ccccc1)c1ccccc1. The molecular formula is C36H41N3O6. The second kappa shape index (κ2) is 16.3. The molecule has 0 spiro atoms. The minimum absolute atomic E-state index is 0.102. The Bertz CT molecular complexity index is 1520. The molecule has 3 rings (SSSR count). The van der Waals surface area contributed by atoms with Gasteiger partial charge in [0.25, 0.3) is 5.69 Å². The summed E-state index contributed by atoms with van der Waals surface area (Å²) in [4.78, 5) is 42.6. The van der Waals surface area contributed by atoms with Gasteiger partial charge in [-0.2, -0.15) is 0 Å². The van der Waals surface area contributed by atoms with Gasteiger partial charge in [0.05, 0.1) is 23.3 Å². The summed E-state index contributed by atoms with van der Waals surface area (Å²) >= 11 is 0. The normalized spacial score (nSPS) is 12.8. The Morgan fingerprint density at radius 2 is 1.58 bits per heavy atom. The Labute approximate surface area is 265 Å². The van der Waals surface area contributed by atoms with Crippen LogP contribution in [0, 0.1) is 10.1 Å². The standard InChI is InChI=1S/C36H41N3O6/c1-26(37-27(2)33(35(41)44-6)24-28-14-13-19-31(23-28)39(42)43)22-34(40)45-36(3,4)25-38(5)21-20-32(29-15-9-7-10-16-29)30-17-11-8-12-18-30/h7-19,22-24,32H,20-21,25H2,1-6H3/b26-22-,33-24-,37-27+. The molecule has 0 radical (unpaired) electrons. The molecule has 0 aliphatic carbocycles. The van der Waals surface area contributed by atoms with E-state index in [4.69, 9.17) is 9.47 Å². The summed E-state index contributed by atoms with van der Waals surface area (Å²) in [6, 6.07) is 26.7. The van der Waals surface area contributed by atoms with Crippen LogP contribution in [0.4, 0.5) is 5.69 Å². The molecule has 0 bridgehead atoms. The topological polar surface area (TPSA) is 111 Å². The van der Waals surface area contributed by atoms with Crippen molar-refractivity contribution in [3.63, 3.8) is 0 Å². The maximum atomic E-state index is 12.9. The summed E-state index contributed by atoms with van der Waals surface area (Å²) in [5.74, 6) is -0.978. The van der Waals surface area contributed by atoms with Crippen molar-refractivity contribution in [3.8, 4) is 0 Å². The zero-order valence-electron chi connectivity index (χ0n) is 26.7. The minimum atomic E-state index is -0.782. The lowest BCUT2D eigenvalue weighted by atomic mass is 9.88. The first kappa shape index (κ1) is 34.6. The number of allylic oxidation sites excluding steroid dienone is 1. The van der Waals surface area contributed by atoms with E-state index in [1.54, 1.807) is 19.9 Å². The van der Waals surface area contributed by atoms with Crippen LogP contribution < -0.4 is 0 Å². The fourth-order valence-corrected chi connectivity index (χ4v) is 5.15. The van der Waals surface area contributed by atoms with E-state index < -0.39 is 22.5 Å². The third kappa shape index (κ3) is 11.0. The molecule has 0 N–H and O–H groups in total. The number of hydrogen-bond donors (Lipinski definition) is 0. The Balaban J connectivity index is 1.66. The average molecular weight is 612 g/mol. The number of nitro groups is 1. The van der Waals surface area contributed by atoms with Crippen LogP contribution >= 0.6 is 0 Å². The van der Waals surface area contributed by atoms with Crippen LogP contribution in [0.5, 0.6) is 0 Å². The Morgan fingerprint density at radius 1 is 0.978 bits per heavy atom. The second-order valence-corrected chi connectivity index (χ2v) is 11.5. The highest BCUT2D eigenvalue weighted by Crippen LogP contribution is 2.28. The van der Waals surface area contributed by atoms with E-state index in [2.05, 4.69) is 58.4 Å². The van der Waals surface area contributed by atoms with E-state index in [0.29, 0.717) is 17.8 Å². The number of nitro benzene ring substituents is 1. The third-order valence-electron chi connectivity index (χ3n) is 7.09. The number of nitrogens with zero attached hydrogens (tertiary/aromatic N) is 3. The maximum absolute atomic E-state index is 12.9. The van der Waals surface area contributed by atoms with Crippen LogP contribution in [0.25, 0.3) is 6.08 Å². The number of non-ortho nitro benzene ring substituents is 1. The van der Waals surface area contributed by atoms with Gasteiger partial charge in [0.15, 0.2) is 0 Å². The van der Waals surface area contributed by atoms with Gasteiger partial charge in [-0.05, 0) is 70.5 Å². The molecule has 0 unspecified atom stereocenters. The van der Waals surface area contributed by atoms with E-state index in [1.165, 1.54) is 48.6 Å². The van der Waals surface area contributed by atoms with E-state index >= 15 is 0 Å². The van der Waals surface area contributed by atoms with Gasteiger partial charge in [-0.1, -0.05) is 72.8 Å². The first-order valence-electron chi connectivity index (χ1n) is 14.7. The molecule has 0 aromatic heterocycles. The molecule has 3 aromatic rings. The molecule has 9 nitrogen and oxygen atoms in total. The molecule has 0 heterocycles. The number of benzene rings is 3. The predicted molar refractivity (Wildman–Crippen MR) is 177 cm³/mol. The molecule has 0 saturated heterocycles. The summed E-state index contributed by atoms with van der Waals surface area (Å²) < 4.78 is 10.7. The van der Waals surface area contributed by atoms with Crippen molar-refractivity contribution >= 4 is 29.4 Å². The summed E-state index contributed by atoms with van der Waals surface area (Å²) in [5, 5.41) is 11.2. The molecular weight excluding hydrogens is 570 g/mol. The summed E-state index contributed by atoms with van der Waals surface area (Å²) in [6.07, 6.45) is 3.63. The van der Waals surface area contributed by atoms with Crippen LogP contribution in [-0.2, 0) is 19.1 Å². The van der Waals surface area contributed by atoms with Gasteiger partial charge in [-0.15, -0.1) is 0 Å². The molecule has 0 aliphatic rings. The molecule has 0 aliphatic heterocycles. The van der Waals surface area contributed by atoms with Gasteiger partial charge in [-0.3, -0.25) is 15.1 Å². The van der Waals surface area contributed by atoms with E-state index in [1.807, 2.05) is 33.0 Å². The zero-order valence-corrected chi connectivity index (χ0v) is 26.7. The van der Waals surface area contributed by atoms with Crippen LogP contribution in [0.3, 0.4) is 0 Å². The number of rotatable bonds is 14. The van der Waals surface area contributed by atoms with Gasteiger partial charge in [0.2, 0.25) is 0 Å². The lowest BCUT2D eigenvalue weighted by Gasteiger charge is -2.31. The number of likely N-dealkylation sites (N-methyl/N-ethyl adjacent to an activating group) is 1. The fourth-order valence-electron chi connectivity index (χ4n) is 5.15. The summed E-state index contributed by atoms with van der Waals surface area (Å²) in [6.45, 7) is 8.26. The highest BCUT2D eigenvalue weighted by Gasteiger charge is 2.25. The smallest absolute Gasteiger partial charge is 0.339 e. The third-order valence-corrected chi connectivity index (χ3v) is 7.09. The van der Waals surface area contributed by atoms with Crippen LogP contribution in [0.1, 0.15) is 56.7 Å².